The molecule has 0 radical (unpaired) electrons. The van der Waals surface area contributed by atoms with Crippen LogP contribution in [0.5, 0.6) is 5.75 Å². The van der Waals surface area contributed by atoms with Crippen molar-refractivity contribution in [1.82, 2.24) is 14.8 Å². The highest BCUT2D eigenvalue weighted by molar-refractivity contribution is 7.99. The van der Waals surface area contributed by atoms with Crippen LogP contribution in [0.1, 0.15) is 40.2 Å². The van der Waals surface area contributed by atoms with Gasteiger partial charge in [-0.2, -0.15) is 0 Å². The van der Waals surface area contributed by atoms with E-state index in [2.05, 4.69) is 15.5 Å². The van der Waals surface area contributed by atoms with Gasteiger partial charge in [-0.3, -0.25) is 14.2 Å². The van der Waals surface area contributed by atoms with Gasteiger partial charge in [0, 0.05) is 16.9 Å². The van der Waals surface area contributed by atoms with E-state index < -0.39 is 0 Å². The Morgan fingerprint density at radius 3 is 2.63 bits per heavy atom. The zero-order chi connectivity index (χ0) is 24.4. The molecule has 8 heteroatoms. The fraction of sp³-hybridized carbons (Fsp3) is 0.185. The first-order valence-corrected chi connectivity index (χ1v) is 12.3. The zero-order valence-electron chi connectivity index (χ0n) is 19.4. The van der Waals surface area contributed by atoms with Gasteiger partial charge in [0.25, 0.3) is 0 Å². The molecule has 4 aromatic rings. The second-order valence-corrected chi connectivity index (χ2v) is 9.29. The van der Waals surface area contributed by atoms with E-state index in [0.717, 1.165) is 28.3 Å². The number of hydrogen-bond acceptors (Lipinski definition) is 6. The maximum atomic E-state index is 13.0. The summed E-state index contributed by atoms with van der Waals surface area (Å²) in [4.78, 5) is 24.9. The van der Waals surface area contributed by atoms with E-state index in [4.69, 9.17) is 4.74 Å². The Morgan fingerprint density at radius 1 is 1.06 bits per heavy atom. The van der Waals surface area contributed by atoms with E-state index in [1.165, 1.54) is 11.8 Å². The lowest BCUT2D eigenvalue weighted by atomic mass is 9.99. The summed E-state index contributed by atoms with van der Waals surface area (Å²) in [6.07, 6.45) is 0. The van der Waals surface area contributed by atoms with Gasteiger partial charge < -0.3 is 10.1 Å². The lowest BCUT2D eigenvalue weighted by Crippen LogP contribution is -2.09. The van der Waals surface area contributed by atoms with E-state index in [0.29, 0.717) is 16.5 Å². The molecule has 1 aromatic heterocycles. The molecule has 7 nitrogen and oxygen atoms in total. The maximum Gasteiger partial charge on any atom is 0.231 e. The lowest BCUT2D eigenvalue weighted by molar-refractivity contribution is -0.116. The lowest BCUT2D eigenvalue weighted by Gasteiger charge is -2.12. The summed E-state index contributed by atoms with van der Waals surface area (Å²) < 4.78 is 7.94. The van der Waals surface area contributed by atoms with Crippen molar-refractivity contribution < 1.29 is 14.3 Å². The number of rotatable bonds is 8. The molecule has 1 N–H and O–H groups in total. The van der Waals surface area contributed by atoms with Crippen molar-refractivity contribution in [2.45, 2.75) is 31.5 Å². The van der Waals surface area contributed by atoms with Crippen LogP contribution in [0.25, 0.3) is 5.69 Å². The highest BCUT2D eigenvalue weighted by atomic mass is 32.2. The highest BCUT2D eigenvalue weighted by Crippen LogP contribution is 2.33. The van der Waals surface area contributed by atoms with Gasteiger partial charge in [0.15, 0.2) is 16.8 Å². The summed E-state index contributed by atoms with van der Waals surface area (Å²) in [6, 6.07) is 23.0. The predicted octanol–water partition coefficient (Wildman–Crippen LogP) is 5.19. The Balaban J connectivity index is 1.36. The van der Waals surface area contributed by atoms with E-state index in [1.54, 1.807) is 12.1 Å². The first-order chi connectivity index (χ1) is 17.0. The number of anilines is 1. The molecule has 0 saturated carbocycles. The monoisotopic (exact) mass is 484 g/mol. The summed E-state index contributed by atoms with van der Waals surface area (Å²) in [5.41, 5.74) is 4.14. The Hall–Kier alpha value is -3.91. The van der Waals surface area contributed by atoms with Crippen molar-refractivity contribution in [3.05, 3.63) is 95.3 Å². The summed E-state index contributed by atoms with van der Waals surface area (Å²) in [5.74, 6) is 1.28. The van der Waals surface area contributed by atoms with Gasteiger partial charge in [-0.25, -0.2) is 0 Å². The minimum atomic E-state index is -0.262. The van der Waals surface area contributed by atoms with E-state index in [-0.39, 0.29) is 30.0 Å². The van der Waals surface area contributed by atoms with E-state index >= 15 is 0 Å². The summed E-state index contributed by atoms with van der Waals surface area (Å²) in [5, 5.41) is 12.2. The third kappa shape index (κ3) is 4.70. The number of carbonyl (C=O) groups is 2. The van der Waals surface area contributed by atoms with Crippen molar-refractivity contribution >= 4 is 29.1 Å². The third-order valence-electron chi connectivity index (χ3n) is 5.99. The Morgan fingerprint density at radius 2 is 1.83 bits per heavy atom. The molecule has 2 heterocycles. The van der Waals surface area contributed by atoms with Gasteiger partial charge in [0.05, 0.1) is 11.7 Å². The first-order valence-electron chi connectivity index (χ1n) is 11.3. The molecule has 0 unspecified atom stereocenters. The quantitative estimate of drug-likeness (QED) is 0.274. The average Bonchev–Trinajstić information content (AvgIpc) is 3.42. The maximum absolute atomic E-state index is 13.0. The Labute approximate surface area is 207 Å². The van der Waals surface area contributed by atoms with Crippen LogP contribution in [0.4, 0.5) is 5.69 Å². The topological polar surface area (TPSA) is 86.1 Å². The molecule has 3 aromatic carbocycles. The SMILES string of the molecule is Cc1ccccc1OCc1nnc(SCC(=O)c2ccc3c(c2)[C@H](C)C(=O)N3)n1-c1ccccc1. The number of para-hydroxylation sites is 2. The van der Waals surface area contributed by atoms with Crippen LogP contribution in [0.15, 0.2) is 78.0 Å². The van der Waals surface area contributed by atoms with Gasteiger partial charge >= 0.3 is 0 Å². The molecule has 5 rings (SSSR count). The van der Waals surface area contributed by atoms with Gasteiger partial charge in [-0.05, 0) is 61.4 Å². The summed E-state index contributed by atoms with van der Waals surface area (Å²) in [7, 11) is 0. The second kappa shape index (κ2) is 9.76. The van der Waals surface area contributed by atoms with Gasteiger partial charge in [-0.15, -0.1) is 10.2 Å². The number of benzene rings is 3. The van der Waals surface area contributed by atoms with Crippen LogP contribution < -0.4 is 10.1 Å². The number of ether oxygens (including phenoxy) is 1. The minimum Gasteiger partial charge on any atom is -0.485 e. The Kier molecular flexibility index (Phi) is 6.37. The summed E-state index contributed by atoms with van der Waals surface area (Å²) in [6.45, 7) is 4.08. The molecule has 1 aliphatic rings. The van der Waals surface area contributed by atoms with Crippen LogP contribution in [0.2, 0.25) is 0 Å². The standard InChI is InChI=1S/C27H24N4O3S/c1-17-8-6-7-11-24(17)34-15-25-29-30-27(31(25)20-9-4-3-5-10-20)35-16-23(32)19-12-13-22-21(14-19)18(2)26(33)28-22/h3-14,18H,15-16H2,1-2H3,(H,28,33)/t18-/m0/s1. The number of aromatic nitrogens is 3. The van der Waals surface area contributed by atoms with Crippen molar-refractivity contribution in [2.75, 3.05) is 11.1 Å². The zero-order valence-corrected chi connectivity index (χ0v) is 20.2. The molecular weight excluding hydrogens is 460 g/mol. The number of Topliss-reactive ketones (excluding diaryl/α,β-unsaturated/α-hetero) is 1. The molecule has 0 spiro atoms. The number of fused-ring (bicyclic) bond motifs is 1. The minimum absolute atomic E-state index is 0.0373. The number of hydrogen-bond donors (Lipinski definition) is 1. The molecule has 0 saturated heterocycles. The van der Waals surface area contributed by atoms with E-state index in [1.807, 2.05) is 79.1 Å². The van der Waals surface area contributed by atoms with Crippen LogP contribution >= 0.6 is 11.8 Å². The number of ketones is 1. The van der Waals surface area contributed by atoms with Crippen LogP contribution in [-0.4, -0.2) is 32.2 Å². The van der Waals surface area contributed by atoms with Crippen molar-refractivity contribution in [1.29, 1.82) is 0 Å². The molecule has 0 aliphatic carbocycles. The number of nitrogens with zero attached hydrogens (tertiary/aromatic N) is 3. The smallest absolute Gasteiger partial charge is 0.231 e. The molecule has 1 aliphatic heterocycles. The van der Waals surface area contributed by atoms with Crippen LogP contribution in [-0.2, 0) is 11.4 Å². The largest absolute Gasteiger partial charge is 0.485 e. The third-order valence-corrected chi connectivity index (χ3v) is 6.92. The number of amides is 1. The fourth-order valence-corrected chi connectivity index (χ4v) is 4.85. The Bertz CT molecular complexity index is 1400. The number of thioether (sulfide) groups is 1. The average molecular weight is 485 g/mol. The highest BCUT2D eigenvalue weighted by Gasteiger charge is 2.27. The molecule has 1 atom stereocenters. The van der Waals surface area contributed by atoms with Crippen molar-refractivity contribution in [3.63, 3.8) is 0 Å². The number of nitrogens with one attached hydrogen (secondary N) is 1. The first kappa shape index (κ1) is 22.9. The molecule has 0 fully saturated rings. The molecule has 176 valence electrons. The van der Waals surface area contributed by atoms with Crippen molar-refractivity contribution in [2.24, 2.45) is 0 Å². The fourth-order valence-electron chi connectivity index (χ4n) is 3.99. The van der Waals surface area contributed by atoms with Gasteiger partial charge in [-0.1, -0.05) is 48.2 Å². The summed E-state index contributed by atoms with van der Waals surface area (Å²) >= 11 is 1.33. The van der Waals surface area contributed by atoms with Gasteiger partial charge in [0.2, 0.25) is 5.91 Å². The molecule has 1 amide bonds. The van der Waals surface area contributed by atoms with Crippen LogP contribution in [0, 0.1) is 6.92 Å². The molecule has 0 bridgehead atoms. The number of carbonyl (C=O) groups excluding carboxylic acids is 2. The van der Waals surface area contributed by atoms with Crippen LogP contribution in [0.3, 0.4) is 0 Å². The molecular formula is C27H24N4O3S. The molecule has 35 heavy (non-hydrogen) atoms. The predicted molar refractivity (Wildman–Crippen MR) is 135 cm³/mol. The normalized spacial score (nSPS) is 14.5. The van der Waals surface area contributed by atoms with Gasteiger partial charge in [0.1, 0.15) is 12.4 Å². The van der Waals surface area contributed by atoms with E-state index in [9.17, 15) is 9.59 Å². The second-order valence-electron chi connectivity index (χ2n) is 8.35. The van der Waals surface area contributed by atoms with Crippen molar-refractivity contribution in [3.8, 4) is 11.4 Å². The number of aryl methyl sites for hydroxylation is 1.